The van der Waals surface area contributed by atoms with Crippen LogP contribution in [0.5, 0.6) is 5.75 Å². The Labute approximate surface area is 162 Å². The van der Waals surface area contributed by atoms with Gasteiger partial charge in [-0.2, -0.15) is 0 Å². The van der Waals surface area contributed by atoms with Gasteiger partial charge in [-0.05, 0) is 88.6 Å². The lowest BCUT2D eigenvalue weighted by molar-refractivity contribution is 0.128. The lowest BCUT2D eigenvalue weighted by Gasteiger charge is -2.35. The molecule has 1 aliphatic rings. The van der Waals surface area contributed by atoms with Gasteiger partial charge in [0.25, 0.3) is 0 Å². The molecule has 2 aromatic carbocycles. The van der Waals surface area contributed by atoms with Gasteiger partial charge in [0.05, 0.1) is 0 Å². The molecule has 0 unspecified atom stereocenters. The fourth-order valence-electron chi connectivity index (χ4n) is 3.30. The molecule has 2 aromatic rings. The van der Waals surface area contributed by atoms with E-state index in [0.29, 0.717) is 0 Å². The van der Waals surface area contributed by atoms with Crippen LogP contribution in [0.2, 0.25) is 0 Å². The van der Waals surface area contributed by atoms with Gasteiger partial charge in [0.2, 0.25) is 0 Å². The third-order valence-corrected chi connectivity index (χ3v) is 5.08. The molecule has 1 aliphatic heterocycles. The second kappa shape index (κ2) is 9.45. The van der Waals surface area contributed by atoms with Crippen LogP contribution in [0.15, 0.2) is 48.5 Å². The van der Waals surface area contributed by atoms with Crippen LogP contribution in [0.4, 0.5) is 5.69 Å². The molecule has 3 rings (SSSR count). The SMILES string of the molecule is CN(C)C1CCN(CCOc2ccc(C#Cc3ccc(N)cc3)cc2)CC1. The second-order valence-electron chi connectivity index (χ2n) is 7.28. The monoisotopic (exact) mass is 363 g/mol. The number of ether oxygens (including phenoxy) is 1. The number of piperidine rings is 1. The number of benzene rings is 2. The van der Waals surface area contributed by atoms with E-state index in [4.69, 9.17) is 10.5 Å². The predicted octanol–water partition coefficient (Wildman–Crippen LogP) is 3.07. The lowest BCUT2D eigenvalue weighted by Crippen LogP contribution is -2.43. The second-order valence-corrected chi connectivity index (χ2v) is 7.28. The Morgan fingerprint density at radius 1 is 0.963 bits per heavy atom. The molecule has 4 nitrogen and oxygen atoms in total. The van der Waals surface area contributed by atoms with Crippen molar-refractivity contribution in [3.63, 3.8) is 0 Å². The topological polar surface area (TPSA) is 41.7 Å². The molecule has 0 amide bonds. The van der Waals surface area contributed by atoms with Crippen LogP contribution in [-0.2, 0) is 0 Å². The molecule has 0 bridgehead atoms. The predicted molar refractivity (Wildman–Crippen MR) is 112 cm³/mol. The standard InChI is InChI=1S/C23H29N3O/c1-25(2)22-13-15-26(16-14-22)17-18-27-23-11-7-20(8-12-23)4-3-19-5-9-21(24)10-6-19/h5-12,22H,13-18,24H2,1-2H3. The smallest absolute Gasteiger partial charge is 0.119 e. The normalized spacial score (nSPS) is 15.4. The zero-order valence-corrected chi connectivity index (χ0v) is 16.3. The van der Waals surface area contributed by atoms with Gasteiger partial charge in [-0.15, -0.1) is 0 Å². The van der Waals surface area contributed by atoms with Crippen molar-refractivity contribution >= 4 is 5.69 Å². The first kappa shape index (κ1) is 19.3. The summed E-state index contributed by atoms with van der Waals surface area (Å²) in [6, 6.07) is 16.3. The van der Waals surface area contributed by atoms with Crippen LogP contribution in [0.1, 0.15) is 24.0 Å². The highest BCUT2D eigenvalue weighted by Crippen LogP contribution is 2.15. The van der Waals surface area contributed by atoms with Crippen molar-refractivity contribution in [2.24, 2.45) is 0 Å². The Balaban J connectivity index is 1.43. The van der Waals surface area contributed by atoms with E-state index in [1.807, 2.05) is 48.5 Å². The summed E-state index contributed by atoms with van der Waals surface area (Å²) in [7, 11) is 4.35. The first-order valence-electron chi connectivity index (χ1n) is 9.59. The summed E-state index contributed by atoms with van der Waals surface area (Å²) in [6.07, 6.45) is 2.49. The molecule has 0 spiro atoms. The maximum atomic E-state index is 5.90. The van der Waals surface area contributed by atoms with Crippen LogP contribution < -0.4 is 10.5 Å². The fraction of sp³-hybridized carbons (Fsp3) is 0.391. The van der Waals surface area contributed by atoms with Crippen molar-refractivity contribution in [1.29, 1.82) is 0 Å². The molecule has 142 valence electrons. The van der Waals surface area contributed by atoms with Crippen LogP contribution in [-0.4, -0.2) is 56.2 Å². The van der Waals surface area contributed by atoms with Gasteiger partial charge in [0.15, 0.2) is 0 Å². The summed E-state index contributed by atoms with van der Waals surface area (Å²) < 4.78 is 5.90. The van der Waals surface area contributed by atoms with Gasteiger partial charge in [0.1, 0.15) is 12.4 Å². The number of hydrogen-bond donors (Lipinski definition) is 1. The summed E-state index contributed by atoms with van der Waals surface area (Å²) in [5.41, 5.74) is 8.38. The van der Waals surface area contributed by atoms with E-state index in [1.165, 1.54) is 12.8 Å². The van der Waals surface area contributed by atoms with Gasteiger partial charge in [-0.25, -0.2) is 0 Å². The maximum absolute atomic E-state index is 5.90. The van der Waals surface area contributed by atoms with Crippen molar-refractivity contribution in [2.45, 2.75) is 18.9 Å². The molecular weight excluding hydrogens is 334 g/mol. The first-order valence-corrected chi connectivity index (χ1v) is 9.59. The van der Waals surface area contributed by atoms with Crippen molar-refractivity contribution in [2.75, 3.05) is 46.1 Å². The fourth-order valence-corrected chi connectivity index (χ4v) is 3.30. The Kier molecular flexibility index (Phi) is 6.75. The van der Waals surface area contributed by atoms with Crippen LogP contribution in [0, 0.1) is 11.8 Å². The number of nitrogens with zero attached hydrogens (tertiary/aromatic N) is 2. The van der Waals surface area contributed by atoms with Gasteiger partial charge < -0.3 is 15.4 Å². The molecule has 1 saturated heterocycles. The summed E-state index contributed by atoms with van der Waals surface area (Å²) >= 11 is 0. The van der Waals surface area contributed by atoms with Gasteiger partial charge in [-0.1, -0.05) is 11.8 Å². The van der Waals surface area contributed by atoms with Crippen molar-refractivity contribution in [3.8, 4) is 17.6 Å². The molecular formula is C23H29N3O. The van der Waals surface area contributed by atoms with Gasteiger partial charge in [-0.3, -0.25) is 4.90 Å². The van der Waals surface area contributed by atoms with E-state index in [9.17, 15) is 0 Å². The van der Waals surface area contributed by atoms with E-state index in [0.717, 1.165) is 54.8 Å². The molecule has 27 heavy (non-hydrogen) atoms. The average Bonchev–Trinajstić information content (AvgIpc) is 2.69. The highest BCUT2D eigenvalue weighted by molar-refractivity contribution is 5.48. The van der Waals surface area contributed by atoms with Crippen LogP contribution in [0.25, 0.3) is 0 Å². The molecule has 4 heteroatoms. The molecule has 0 aliphatic carbocycles. The zero-order chi connectivity index (χ0) is 19.1. The summed E-state index contributed by atoms with van der Waals surface area (Å²) in [5.74, 6) is 7.22. The zero-order valence-electron chi connectivity index (χ0n) is 16.3. The molecule has 1 heterocycles. The highest BCUT2D eigenvalue weighted by Gasteiger charge is 2.20. The maximum Gasteiger partial charge on any atom is 0.119 e. The molecule has 0 aromatic heterocycles. The summed E-state index contributed by atoms with van der Waals surface area (Å²) in [6.45, 7) is 4.03. The summed E-state index contributed by atoms with van der Waals surface area (Å²) in [4.78, 5) is 4.83. The number of anilines is 1. The largest absolute Gasteiger partial charge is 0.492 e. The third kappa shape index (κ3) is 6.02. The van der Waals surface area contributed by atoms with E-state index < -0.39 is 0 Å². The quantitative estimate of drug-likeness (QED) is 0.655. The minimum absolute atomic E-state index is 0.725. The Hall–Kier alpha value is -2.48. The Bertz CT molecular complexity index is 764. The van der Waals surface area contributed by atoms with Gasteiger partial charge >= 0.3 is 0 Å². The van der Waals surface area contributed by atoms with Crippen molar-refractivity contribution in [3.05, 3.63) is 59.7 Å². The molecule has 0 radical (unpaired) electrons. The van der Waals surface area contributed by atoms with Crippen molar-refractivity contribution in [1.82, 2.24) is 9.80 Å². The lowest BCUT2D eigenvalue weighted by atomic mass is 10.0. The van der Waals surface area contributed by atoms with Crippen LogP contribution >= 0.6 is 0 Å². The average molecular weight is 364 g/mol. The minimum Gasteiger partial charge on any atom is -0.492 e. The van der Waals surface area contributed by atoms with E-state index >= 15 is 0 Å². The number of likely N-dealkylation sites (tertiary alicyclic amines) is 1. The van der Waals surface area contributed by atoms with E-state index in [-0.39, 0.29) is 0 Å². The highest BCUT2D eigenvalue weighted by atomic mass is 16.5. The Morgan fingerprint density at radius 2 is 1.52 bits per heavy atom. The summed E-state index contributed by atoms with van der Waals surface area (Å²) in [5, 5.41) is 0. The molecule has 1 fully saturated rings. The number of hydrogen-bond acceptors (Lipinski definition) is 4. The van der Waals surface area contributed by atoms with Crippen LogP contribution in [0.3, 0.4) is 0 Å². The molecule has 2 N–H and O–H groups in total. The van der Waals surface area contributed by atoms with E-state index in [2.05, 4.69) is 35.7 Å². The van der Waals surface area contributed by atoms with Crippen molar-refractivity contribution < 1.29 is 4.74 Å². The first-order chi connectivity index (χ1) is 13.1. The van der Waals surface area contributed by atoms with E-state index in [1.54, 1.807) is 0 Å². The number of nitrogens with two attached hydrogens (primary N) is 1. The minimum atomic E-state index is 0.725. The molecule has 0 saturated carbocycles. The number of nitrogen functional groups attached to an aromatic ring is 1. The molecule has 0 atom stereocenters. The third-order valence-electron chi connectivity index (χ3n) is 5.08. The van der Waals surface area contributed by atoms with Gasteiger partial charge in [0, 0.05) is 29.4 Å². The number of rotatable bonds is 5. The Morgan fingerprint density at radius 3 is 2.07 bits per heavy atom.